The van der Waals surface area contributed by atoms with Crippen molar-refractivity contribution < 1.29 is 23.1 Å². The predicted octanol–water partition coefficient (Wildman–Crippen LogP) is 5.44. The number of alkyl halides is 3. The van der Waals surface area contributed by atoms with Crippen LogP contribution in [0.2, 0.25) is 0 Å². The van der Waals surface area contributed by atoms with Gasteiger partial charge >= 0.3 is 6.18 Å². The normalized spacial score (nSPS) is 19.7. The molecule has 10 heteroatoms. The smallest absolute Gasteiger partial charge is 0.380 e. The number of benzene rings is 1. The van der Waals surface area contributed by atoms with Crippen LogP contribution in [-0.4, -0.2) is 75.4 Å². The van der Waals surface area contributed by atoms with Crippen molar-refractivity contribution in [2.75, 3.05) is 33.2 Å². The molecule has 1 aromatic carbocycles. The summed E-state index contributed by atoms with van der Waals surface area (Å²) in [5, 5.41) is 20.1. The SMILES string of the molecule is CC(C)c1ccc([C@](O)(c2cncc(-c3cc(C4CCN(C(=O)CC(F)(F)F)CC4)[nH]n3)c2)C2(C)CN(C)C2)cc1. The second kappa shape index (κ2) is 10.9. The largest absolute Gasteiger partial charge is 0.397 e. The molecule has 0 aliphatic carbocycles. The molecule has 2 aliphatic heterocycles. The summed E-state index contributed by atoms with van der Waals surface area (Å²) in [5.41, 5.74) is 3.35. The Kier molecular flexibility index (Phi) is 7.76. The van der Waals surface area contributed by atoms with Crippen molar-refractivity contribution in [1.29, 1.82) is 0 Å². The minimum atomic E-state index is -4.50. The van der Waals surface area contributed by atoms with E-state index in [-0.39, 0.29) is 19.0 Å². The first-order chi connectivity index (χ1) is 19.3. The van der Waals surface area contributed by atoms with E-state index >= 15 is 0 Å². The van der Waals surface area contributed by atoms with Gasteiger partial charge in [0.05, 0.1) is 5.69 Å². The van der Waals surface area contributed by atoms with Crippen molar-refractivity contribution in [3.8, 4) is 11.3 Å². The quantitative estimate of drug-likeness (QED) is 0.396. The van der Waals surface area contributed by atoms with Gasteiger partial charge in [0.25, 0.3) is 0 Å². The van der Waals surface area contributed by atoms with E-state index < -0.39 is 29.5 Å². The number of aromatic amines is 1. The van der Waals surface area contributed by atoms with Crippen LogP contribution in [0.1, 0.15) is 74.3 Å². The number of likely N-dealkylation sites (tertiary alicyclic amines) is 2. The van der Waals surface area contributed by atoms with Crippen LogP contribution in [0.15, 0.2) is 48.8 Å². The molecule has 4 heterocycles. The molecule has 5 rings (SSSR count). The molecule has 2 aliphatic rings. The molecule has 7 nitrogen and oxygen atoms in total. The topological polar surface area (TPSA) is 85.3 Å². The number of rotatable bonds is 7. The lowest BCUT2D eigenvalue weighted by atomic mass is 9.62. The Hall–Kier alpha value is -3.24. The number of nitrogens with one attached hydrogen (secondary N) is 1. The summed E-state index contributed by atoms with van der Waals surface area (Å²) in [4.78, 5) is 20.0. The number of carbonyl (C=O) groups excluding carboxylic acids is 1. The lowest BCUT2D eigenvalue weighted by molar-refractivity contribution is -0.162. The van der Waals surface area contributed by atoms with Crippen LogP contribution >= 0.6 is 0 Å². The van der Waals surface area contributed by atoms with Crippen LogP contribution in [-0.2, 0) is 10.4 Å². The molecule has 0 unspecified atom stereocenters. The van der Waals surface area contributed by atoms with Crippen molar-refractivity contribution in [2.24, 2.45) is 5.41 Å². The fraction of sp³-hybridized carbons (Fsp3) is 0.516. The zero-order valence-electron chi connectivity index (χ0n) is 24.0. The van der Waals surface area contributed by atoms with Crippen molar-refractivity contribution in [3.05, 3.63) is 71.2 Å². The molecule has 0 spiro atoms. The Labute approximate surface area is 238 Å². The maximum atomic E-state index is 12.6. The van der Waals surface area contributed by atoms with Gasteiger partial charge in [-0.3, -0.25) is 14.9 Å². The van der Waals surface area contributed by atoms with E-state index in [2.05, 4.69) is 53.0 Å². The van der Waals surface area contributed by atoms with Crippen molar-refractivity contribution in [3.63, 3.8) is 0 Å². The Bertz CT molecular complexity index is 1370. The monoisotopic (exact) mass is 569 g/mol. The van der Waals surface area contributed by atoms with Crippen LogP contribution in [0, 0.1) is 5.41 Å². The van der Waals surface area contributed by atoms with Gasteiger partial charge in [0.15, 0.2) is 0 Å². The van der Waals surface area contributed by atoms with Crippen LogP contribution in [0.5, 0.6) is 0 Å². The first kappa shape index (κ1) is 29.3. The highest BCUT2D eigenvalue weighted by Gasteiger charge is 2.55. The second-order valence-corrected chi connectivity index (χ2v) is 12.3. The van der Waals surface area contributed by atoms with Gasteiger partial charge in [0.1, 0.15) is 12.0 Å². The van der Waals surface area contributed by atoms with Crippen LogP contribution in [0.3, 0.4) is 0 Å². The molecule has 220 valence electrons. The summed E-state index contributed by atoms with van der Waals surface area (Å²) >= 11 is 0. The van der Waals surface area contributed by atoms with Gasteiger partial charge in [0.2, 0.25) is 5.91 Å². The van der Waals surface area contributed by atoms with E-state index in [1.54, 1.807) is 12.4 Å². The van der Waals surface area contributed by atoms with Crippen LogP contribution in [0.25, 0.3) is 11.3 Å². The van der Waals surface area contributed by atoms with Crippen LogP contribution < -0.4 is 0 Å². The first-order valence-electron chi connectivity index (χ1n) is 14.2. The Morgan fingerprint density at radius 1 is 1.10 bits per heavy atom. The van der Waals surface area contributed by atoms with Crippen molar-refractivity contribution in [1.82, 2.24) is 25.0 Å². The second-order valence-electron chi connectivity index (χ2n) is 12.3. The molecule has 1 atom stereocenters. The number of carbonyl (C=O) groups is 1. The standard InChI is InChI=1S/C31H38F3N5O2/c1-20(2)21-5-7-24(8-6-21)31(41,29(3)18-38(4)19-29)25-13-23(16-35-17-25)27-14-26(36-37-27)22-9-11-39(12-10-22)28(40)15-30(32,33)34/h5-8,13-14,16-17,20,22,41H,9-12,15,18-19H2,1-4H3,(H,36,37)/t31-/m0/s1. The Morgan fingerprint density at radius 3 is 2.34 bits per heavy atom. The van der Waals surface area contributed by atoms with E-state index in [1.807, 2.05) is 31.3 Å². The van der Waals surface area contributed by atoms with Gasteiger partial charge in [-0.2, -0.15) is 18.3 Å². The summed E-state index contributed by atoms with van der Waals surface area (Å²) in [6.07, 6.45) is -1.35. The third kappa shape index (κ3) is 5.77. The lowest BCUT2D eigenvalue weighted by Gasteiger charge is -2.55. The molecule has 1 amide bonds. The zero-order valence-corrected chi connectivity index (χ0v) is 24.0. The molecule has 2 fully saturated rings. The van der Waals surface area contributed by atoms with Gasteiger partial charge in [0, 0.05) is 66.7 Å². The molecule has 0 saturated carbocycles. The summed E-state index contributed by atoms with van der Waals surface area (Å²) in [5.74, 6) is -0.431. The number of hydrogen-bond donors (Lipinski definition) is 2. The number of piperidine rings is 1. The summed E-state index contributed by atoms with van der Waals surface area (Å²) in [6, 6.07) is 12.1. The average molecular weight is 570 g/mol. The Balaban J connectivity index is 1.38. The number of aromatic nitrogens is 3. The summed E-state index contributed by atoms with van der Waals surface area (Å²) in [7, 11) is 2.04. The molecule has 0 bridgehead atoms. The molecule has 3 aromatic rings. The van der Waals surface area contributed by atoms with Gasteiger partial charge in [-0.05, 0) is 49.1 Å². The third-order valence-corrected chi connectivity index (χ3v) is 8.79. The predicted molar refractivity (Wildman–Crippen MR) is 150 cm³/mol. The fourth-order valence-electron chi connectivity index (χ4n) is 6.54. The van der Waals surface area contributed by atoms with Crippen molar-refractivity contribution >= 4 is 5.91 Å². The minimum absolute atomic E-state index is 0.0585. The molecule has 41 heavy (non-hydrogen) atoms. The highest BCUT2D eigenvalue weighted by Crippen LogP contribution is 2.50. The molecule has 2 N–H and O–H groups in total. The fourth-order valence-corrected chi connectivity index (χ4v) is 6.54. The number of nitrogens with zero attached hydrogens (tertiary/aromatic N) is 4. The van der Waals surface area contributed by atoms with Gasteiger partial charge in [-0.1, -0.05) is 45.0 Å². The Morgan fingerprint density at radius 2 is 1.76 bits per heavy atom. The van der Waals surface area contributed by atoms with E-state index in [4.69, 9.17) is 0 Å². The van der Waals surface area contributed by atoms with E-state index in [1.165, 1.54) is 10.5 Å². The highest BCUT2D eigenvalue weighted by molar-refractivity contribution is 5.77. The van der Waals surface area contributed by atoms with Crippen LogP contribution in [0.4, 0.5) is 13.2 Å². The molecular formula is C31H38F3N5O2. The van der Waals surface area contributed by atoms with E-state index in [9.17, 15) is 23.1 Å². The first-order valence-corrected chi connectivity index (χ1v) is 14.2. The molecule has 2 aromatic heterocycles. The summed E-state index contributed by atoms with van der Waals surface area (Å²) < 4.78 is 37.9. The van der Waals surface area contributed by atoms with Crippen molar-refractivity contribution in [2.45, 2.75) is 63.6 Å². The number of H-pyrrole nitrogens is 1. The molecular weight excluding hydrogens is 531 g/mol. The number of aliphatic hydroxyl groups is 1. The number of halogens is 3. The molecule has 2 saturated heterocycles. The number of hydrogen-bond acceptors (Lipinski definition) is 5. The minimum Gasteiger partial charge on any atom is -0.380 e. The lowest BCUT2D eigenvalue weighted by Crippen LogP contribution is -2.63. The summed E-state index contributed by atoms with van der Waals surface area (Å²) in [6.45, 7) is 8.42. The van der Waals surface area contributed by atoms with Gasteiger partial charge < -0.3 is 14.9 Å². The zero-order chi connectivity index (χ0) is 29.6. The van der Waals surface area contributed by atoms with E-state index in [0.29, 0.717) is 30.0 Å². The van der Waals surface area contributed by atoms with Gasteiger partial charge in [-0.25, -0.2) is 0 Å². The number of pyridine rings is 1. The van der Waals surface area contributed by atoms with Gasteiger partial charge in [-0.15, -0.1) is 0 Å². The maximum Gasteiger partial charge on any atom is 0.397 e. The third-order valence-electron chi connectivity index (χ3n) is 8.79. The maximum absolute atomic E-state index is 12.6. The molecule has 0 radical (unpaired) electrons. The highest BCUT2D eigenvalue weighted by atomic mass is 19.4. The number of amides is 1. The van der Waals surface area contributed by atoms with E-state index in [0.717, 1.165) is 29.9 Å². The average Bonchev–Trinajstić information content (AvgIpc) is 3.41.